The normalized spacial score (nSPS) is 14.1. The number of aromatic nitrogens is 2. The summed E-state index contributed by atoms with van der Waals surface area (Å²) in [5.41, 5.74) is 4.23. The van der Waals surface area contributed by atoms with E-state index in [4.69, 9.17) is 0 Å². The van der Waals surface area contributed by atoms with Gasteiger partial charge < -0.3 is 4.90 Å². The van der Waals surface area contributed by atoms with E-state index in [0.29, 0.717) is 6.54 Å². The SMILES string of the molecule is O=CN1CCc2c(ncnc2-c2ccccc2)C1. The molecule has 0 bridgehead atoms. The molecular weight excluding hydrogens is 226 g/mol. The average molecular weight is 239 g/mol. The highest BCUT2D eigenvalue weighted by Crippen LogP contribution is 2.26. The number of rotatable bonds is 2. The van der Waals surface area contributed by atoms with Crippen molar-refractivity contribution in [1.29, 1.82) is 0 Å². The Labute approximate surface area is 105 Å². The van der Waals surface area contributed by atoms with Crippen LogP contribution in [-0.4, -0.2) is 27.8 Å². The summed E-state index contributed by atoms with van der Waals surface area (Å²) in [7, 11) is 0. The van der Waals surface area contributed by atoms with Gasteiger partial charge in [-0.3, -0.25) is 4.79 Å². The lowest BCUT2D eigenvalue weighted by Gasteiger charge is -2.25. The monoisotopic (exact) mass is 239 g/mol. The molecule has 1 aromatic carbocycles. The van der Waals surface area contributed by atoms with Crippen molar-refractivity contribution in [2.45, 2.75) is 13.0 Å². The molecule has 2 aromatic rings. The van der Waals surface area contributed by atoms with Crippen molar-refractivity contribution in [1.82, 2.24) is 14.9 Å². The van der Waals surface area contributed by atoms with Gasteiger partial charge in [0.2, 0.25) is 6.41 Å². The number of amides is 1. The molecule has 0 spiro atoms. The third-order valence-electron chi connectivity index (χ3n) is 3.23. The minimum Gasteiger partial charge on any atom is -0.339 e. The van der Waals surface area contributed by atoms with Crippen LogP contribution >= 0.6 is 0 Å². The van der Waals surface area contributed by atoms with Crippen molar-refractivity contribution in [3.63, 3.8) is 0 Å². The maximum atomic E-state index is 10.8. The molecule has 1 aromatic heterocycles. The van der Waals surface area contributed by atoms with Crippen LogP contribution in [0, 0.1) is 0 Å². The molecule has 2 heterocycles. The summed E-state index contributed by atoms with van der Waals surface area (Å²) in [4.78, 5) is 21.2. The quantitative estimate of drug-likeness (QED) is 0.749. The van der Waals surface area contributed by atoms with E-state index >= 15 is 0 Å². The standard InChI is InChI=1S/C14H13N3O/c18-10-17-7-6-12-13(8-17)15-9-16-14(12)11-4-2-1-3-5-11/h1-5,9-10H,6-8H2. The number of fused-ring (bicyclic) bond motifs is 1. The van der Waals surface area contributed by atoms with Crippen molar-refractivity contribution in [2.24, 2.45) is 0 Å². The second kappa shape index (κ2) is 4.56. The summed E-state index contributed by atoms with van der Waals surface area (Å²) >= 11 is 0. The maximum absolute atomic E-state index is 10.8. The van der Waals surface area contributed by atoms with Crippen LogP contribution in [0.15, 0.2) is 36.7 Å². The molecule has 0 saturated carbocycles. The Hall–Kier alpha value is -2.23. The third kappa shape index (κ3) is 1.86. The Bertz CT molecular complexity index is 569. The zero-order valence-corrected chi connectivity index (χ0v) is 9.91. The highest BCUT2D eigenvalue weighted by atomic mass is 16.1. The molecule has 4 heteroatoms. The second-order valence-electron chi connectivity index (χ2n) is 4.34. The number of benzene rings is 1. The smallest absolute Gasteiger partial charge is 0.210 e. The lowest BCUT2D eigenvalue weighted by molar-refractivity contribution is -0.119. The minimum atomic E-state index is 0.585. The van der Waals surface area contributed by atoms with Crippen LogP contribution in [0.5, 0.6) is 0 Å². The van der Waals surface area contributed by atoms with E-state index in [0.717, 1.165) is 36.3 Å². The molecule has 0 atom stereocenters. The first-order chi connectivity index (χ1) is 8.88. The van der Waals surface area contributed by atoms with Crippen molar-refractivity contribution >= 4 is 6.41 Å². The summed E-state index contributed by atoms with van der Waals surface area (Å²) in [6.07, 6.45) is 3.28. The predicted molar refractivity (Wildman–Crippen MR) is 67.6 cm³/mol. The van der Waals surface area contributed by atoms with Crippen LogP contribution in [0.3, 0.4) is 0 Å². The van der Waals surface area contributed by atoms with Gasteiger partial charge >= 0.3 is 0 Å². The molecule has 1 amide bonds. The van der Waals surface area contributed by atoms with Gasteiger partial charge in [-0.15, -0.1) is 0 Å². The molecule has 1 aliphatic rings. The highest BCUT2D eigenvalue weighted by molar-refractivity contribution is 5.64. The summed E-state index contributed by atoms with van der Waals surface area (Å²) in [5.74, 6) is 0. The fraction of sp³-hybridized carbons (Fsp3) is 0.214. The molecule has 90 valence electrons. The Kier molecular flexibility index (Phi) is 2.76. The first-order valence-electron chi connectivity index (χ1n) is 5.96. The highest BCUT2D eigenvalue weighted by Gasteiger charge is 2.20. The number of carbonyl (C=O) groups excluding carboxylic acids is 1. The van der Waals surface area contributed by atoms with Gasteiger partial charge in [-0.1, -0.05) is 30.3 Å². The molecule has 3 rings (SSSR count). The topological polar surface area (TPSA) is 46.1 Å². The molecule has 0 unspecified atom stereocenters. The molecule has 0 fully saturated rings. The van der Waals surface area contributed by atoms with Crippen molar-refractivity contribution in [2.75, 3.05) is 6.54 Å². The zero-order chi connectivity index (χ0) is 12.4. The molecule has 1 aliphatic heterocycles. The van der Waals surface area contributed by atoms with Gasteiger partial charge in [0.1, 0.15) is 6.33 Å². The van der Waals surface area contributed by atoms with Gasteiger partial charge in [-0.25, -0.2) is 9.97 Å². The lowest BCUT2D eigenvalue weighted by Crippen LogP contribution is -2.30. The molecular formula is C14H13N3O. The minimum absolute atomic E-state index is 0.585. The fourth-order valence-corrected chi connectivity index (χ4v) is 2.31. The Morgan fingerprint density at radius 1 is 1.17 bits per heavy atom. The molecule has 0 saturated heterocycles. The van der Waals surface area contributed by atoms with Gasteiger partial charge in [-0.05, 0) is 6.42 Å². The van der Waals surface area contributed by atoms with E-state index in [9.17, 15) is 4.79 Å². The van der Waals surface area contributed by atoms with Crippen LogP contribution in [0.25, 0.3) is 11.3 Å². The summed E-state index contributed by atoms with van der Waals surface area (Å²) in [6.45, 7) is 1.32. The molecule has 0 aliphatic carbocycles. The van der Waals surface area contributed by atoms with Crippen LogP contribution in [0.1, 0.15) is 11.3 Å². The summed E-state index contributed by atoms with van der Waals surface area (Å²) in [6, 6.07) is 10.1. The number of carbonyl (C=O) groups is 1. The number of hydrogen-bond acceptors (Lipinski definition) is 3. The van der Waals surface area contributed by atoms with Crippen LogP contribution in [0.2, 0.25) is 0 Å². The van der Waals surface area contributed by atoms with Crippen molar-refractivity contribution < 1.29 is 4.79 Å². The zero-order valence-electron chi connectivity index (χ0n) is 9.91. The largest absolute Gasteiger partial charge is 0.339 e. The van der Waals surface area contributed by atoms with Gasteiger partial charge in [0.25, 0.3) is 0 Å². The number of nitrogens with zero attached hydrogens (tertiary/aromatic N) is 3. The fourth-order valence-electron chi connectivity index (χ4n) is 2.31. The predicted octanol–water partition coefficient (Wildman–Crippen LogP) is 1.66. The van der Waals surface area contributed by atoms with Crippen LogP contribution in [0.4, 0.5) is 0 Å². The molecule has 4 nitrogen and oxygen atoms in total. The van der Waals surface area contributed by atoms with Crippen molar-refractivity contribution in [3.05, 3.63) is 47.9 Å². The first kappa shape index (κ1) is 10.9. The van der Waals surface area contributed by atoms with E-state index in [1.54, 1.807) is 11.2 Å². The van der Waals surface area contributed by atoms with E-state index in [1.807, 2.05) is 18.2 Å². The molecule has 0 radical (unpaired) electrons. The Balaban J connectivity index is 2.06. The maximum Gasteiger partial charge on any atom is 0.210 e. The van der Waals surface area contributed by atoms with Crippen LogP contribution < -0.4 is 0 Å². The van der Waals surface area contributed by atoms with Crippen LogP contribution in [-0.2, 0) is 17.8 Å². The van der Waals surface area contributed by atoms with E-state index in [-0.39, 0.29) is 0 Å². The molecule has 18 heavy (non-hydrogen) atoms. The Morgan fingerprint density at radius 2 is 2.00 bits per heavy atom. The third-order valence-corrected chi connectivity index (χ3v) is 3.23. The van der Waals surface area contributed by atoms with E-state index < -0.39 is 0 Å². The summed E-state index contributed by atoms with van der Waals surface area (Å²) in [5, 5.41) is 0. The lowest BCUT2D eigenvalue weighted by atomic mass is 9.99. The van der Waals surface area contributed by atoms with E-state index in [1.165, 1.54) is 5.56 Å². The Morgan fingerprint density at radius 3 is 2.78 bits per heavy atom. The van der Waals surface area contributed by atoms with E-state index in [2.05, 4.69) is 22.1 Å². The van der Waals surface area contributed by atoms with Crippen molar-refractivity contribution in [3.8, 4) is 11.3 Å². The summed E-state index contributed by atoms with van der Waals surface area (Å²) < 4.78 is 0. The number of hydrogen-bond donors (Lipinski definition) is 0. The second-order valence-corrected chi connectivity index (χ2v) is 4.34. The first-order valence-corrected chi connectivity index (χ1v) is 5.96. The van der Waals surface area contributed by atoms with Gasteiger partial charge in [0, 0.05) is 17.7 Å². The van der Waals surface area contributed by atoms with Gasteiger partial charge in [0.05, 0.1) is 17.9 Å². The van der Waals surface area contributed by atoms with Gasteiger partial charge in [0.15, 0.2) is 0 Å². The average Bonchev–Trinajstić information content (AvgIpc) is 2.47. The van der Waals surface area contributed by atoms with Gasteiger partial charge in [-0.2, -0.15) is 0 Å². The molecule has 0 N–H and O–H groups in total.